The minimum atomic E-state index is -0.467. The van der Waals surface area contributed by atoms with E-state index in [9.17, 15) is 14.4 Å². The Hall–Kier alpha value is -2.94. The minimum Gasteiger partial charge on any atom is -0.326 e. The van der Waals surface area contributed by atoms with E-state index in [1.54, 1.807) is 4.57 Å². The normalized spacial score (nSPS) is 16.0. The predicted octanol–water partition coefficient (Wildman–Crippen LogP) is 2.81. The van der Waals surface area contributed by atoms with Gasteiger partial charge in [0.25, 0.3) is 5.56 Å². The van der Waals surface area contributed by atoms with Gasteiger partial charge in [-0.15, -0.1) is 11.8 Å². The molecule has 5 rings (SSSR count). The van der Waals surface area contributed by atoms with Gasteiger partial charge in [0, 0.05) is 29.8 Å². The molecule has 8 nitrogen and oxygen atoms in total. The number of thioether (sulfide) groups is 1. The highest BCUT2D eigenvalue weighted by molar-refractivity contribution is 7.99. The van der Waals surface area contributed by atoms with E-state index < -0.39 is 11.2 Å². The van der Waals surface area contributed by atoms with E-state index in [2.05, 4.69) is 20.3 Å². The van der Waals surface area contributed by atoms with Crippen LogP contribution in [0, 0.1) is 0 Å². The van der Waals surface area contributed by atoms with Crippen LogP contribution in [0.3, 0.4) is 0 Å². The van der Waals surface area contributed by atoms with E-state index >= 15 is 0 Å². The Balaban J connectivity index is 1.42. The molecule has 3 aromatic rings. The highest BCUT2D eigenvalue weighted by atomic mass is 32.2. The maximum Gasteiger partial charge on any atom is 0.330 e. The molecule has 2 N–H and O–H groups in total. The maximum absolute atomic E-state index is 12.6. The van der Waals surface area contributed by atoms with Gasteiger partial charge in [-0.25, -0.2) is 14.8 Å². The molecule has 0 aliphatic heterocycles. The monoisotopic (exact) mass is 423 g/mol. The van der Waals surface area contributed by atoms with E-state index in [0.29, 0.717) is 27.6 Å². The molecule has 0 bridgehead atoms. The number of para-hydroxylation sites is 1. The molecule has 2 aliphatic rings. The van der Waals surface area contributed by atoms with Gasteiger partial charge in [0.1, 0.15) is 16.2 Å². The number of rotatable bonds is 7. The SMILES string of the molecule is O=C(CCSc1nc(C2CC2)nc2c1c(=O)[nH]c(=O)n2C1CC1)Nc1ccccc1. The Bertz CT molecular complexity index is 1230. The van der Waals surface area contributed by atoms with E-state index in [1.807, 2.05) is 30.3 Å². The Morgan fingerprint density at radius 1 is 1.13 bits per heavy atom. The Kier molecular flexibility index (Phi) is 4.90. The van der Waals surface area contributed by atoms with Gasteiger partial charge in [-0.05, 0) is 37.8 Å². The first-order valence-electron chi connectivity index (χ1n) is 10.1. The van der Waals surface area contributed by atoms with E-state index in [1.165, 1.54) is 11.8 Å². The van der Waals surface area contributed by atoms with Gasteiger partial charge in [-0.1, -0.05) is 18.2 Å². The molecule has 2 aliphatic carbocycles. The van der Waals surface area contributed by atoms with Crippen molar-refractivity contribution in [1.29, 1.82) is 0 Å². The lowest BCUT2D eigenvalue weighted by Gasteiger charge is -2.12. The first-order chi connectivity index (χ1) is 14.6. The highest BCUT2D eigenvalue weighted by Crippen LogP contribution is 2.40. The number of anilines is 1. The molecule has 2 fully saturated rings. The number of nitrogens with zero attached hydrogens (tertiary/aromatic N) is 3. The summed E-state index contributed by atoms with van der Waals surface area (Å²) in [7, 11) is 0. The van der Waals surface area contributed by atoms with Gasteiger partial charge in [0.2, 0.25) is 5.91 Å². The average molecular weight is 423 g/mol. The summed E-state index contributed by atoms with van der Waals surface area (Å²) < 4.78 is 1.61. The number of aromatic amines is 1. The molecule has 2 saturated carbocycles. The smallest absolute Gasteiger partial charge is 0.326 e. The summed E-state index contributed by atoms with van der Waals surface area (Å²) in [5, 5.41) is 3.75. The lowest BCUT2D eigenvalue weighted by molar-refractivity contribution is -0.115. The second-order valence-corrected chi connectivity index (χ2v) is 8.82. The fourth-order valence-corrected chi connectivity index (χ4v) is 4.39. The largest absolute Gasteiger partial charge is 0.330 e. The molecule has 0 saturated heterocycles. The van der Waals surface area contributed by atoms with Crippen molar-refractivity contribution in [3.63, 3.8) is 0 Å². The number of aromatic nitrogens is 4. The number of hydrogen-bond donors (Lipinski definition) is 2. The van der Waals surface area contributed by atoms with Crippen LogP contribution in [0.1, 0.15) is 49.9 Å². The highest BCUT2D eigenvalue weighted by Gasteiger charge is 2.32. The standard InChI is InChI=1S/C21H21N5O3S/c27-15(22-13-4-2-1-3-5-13)10-11-30-20-16-18(23-17(24-20)12-6-7-12)26(14-8-9-14)21(29)25-19(16)28/h1-5,12,14H,6-11H2,(H,22,27)(H,25,28,29). The summed E-state index contributed by atoms with van der Waals surface area (Å²) in [6, 6.07) is 9.38. The van der Waals surface area contributed by atoms with Crippen molar-refractivity contribution < 1.29 is 4.79 Å². The minimum absolute atomic E-state index is 0.0910. The first kappa shape index (κ1) is 19.0. The van der Waals surface area contributed by atoms with Gasteiger partial charge >= 0.3 is 5.69 Å². The van der Waals surface area contributed by atoms with Crippen LogP contribution in [0.25, 0.3) is 11.0 Å². The quantitative estimate of drug-likeness (QED) is 0.447. The third kappa shape index (κ3) is 3.89. The zero-order chi connectivity index (χ0) is 20.7. The molecule has 9 heteroatoms. The fourth-order valence-electron chi connectivity index (χ4n) is 3.42. The van der Waals surface area contributed by atoms with Crippen molar-refractivity contribution in [2.24, 2.45) is 0 Å². The van der Waals surface area contributed by atoms with Crippen LogP contribution in [0.15, 0.2) is 44.9 Å². The molecule has 2 heterocycles. The van der Waals surface area contributed by atoms with Crippen LogP contribution in [-0.4, -0.2) is 31.2 Å². The summed E-state index contributed by atoms with van der Waals surface area (Å²) >= 11 is 1.36. The summed E-state index contributed by atoms with van der Waals surface area (Å²) in [6.45, 7) is 0. The van der Waals surface area contributed by atoms with Crippen molar-refractivity contribution in [3.05, 3.63) is 57.0 Å². The predicted molar refractivity (Wildman–Crippen MR) is 115 cm³/mol. The third-order valence-electron chi connectivity index (χ3n) is 5.25. The summed E-state index contributed by atoms with van der Waals surface area (Å²) in [4.78, 5) is 48.9. The Labute approximate surface area is 176 Å². The first-order valence-corrected chi connectivity index (χ1v) is 11.1. The van der Waals surface area contributed by atoms with Gasteiger partial charge < -0.3 is 5.32 Å². The molecule has 30 heavy (non-hydrogen) atoms. The van der Waals surface area contributed by atoms with Gasteiger partial charge in [-0.2, -0.15) is 0 Å². The van der Waals surface area contributed by atoms with Crippen LogP contribution in [0.5, 0.6) is 0 Å². The van der Waals surface area contributed by atoms with Crippen molar-refractivity contribution >= 4 is 34.4 Å². The molecule has 1 amide bonds. The number of carbonyl (C=O) groups is 1. The summed E-state index contributed by atoms with van der Waals surface area (Å²) in [6.07, 6.45) is 4.14. The Morgan fingerprint density at radius 3 is 2.60 bits per heavy atom. The lowest BCUT2D eigenvalue weighted by atomic mass is 10.3. The molecule has 0 unspecified atom stereocenters. The molecule has 0 radical (unpaired) electrons. The molecule has 0 atom stereocenters. The van der Waals surface area contributed by atoms with Crippen LogP contribution >= 0.6 is 11.8 Å². The molecular formula is C21H21N5O3S. The third-order valence-corrected chi connectivity index (χ3v) is 6.23. The Morgan fingerprint density at radius 2 is 1.90 bits per heavy atom. The molecule has 1 aromatic carbocycles. The fraction of sp³-hybridized carbons (Fsp3) is 0.381. The van der Waals surface area contributed by atoms with Crippen LogP contribution in [0.2, 0.25) is 0 Å². The number of nitrogens with one attached hydrogen (secondary N) is 2. The van der Waals surface area contributed by atoms with Gasteiger partial charge in [-0.3, -0.25) is 19.1 Å². The zero-order valence-electron chi connectivity index (χ0n) is 16.3. The van der Waals surface area contributed by atoms with Crippen molar-refractivity contribution in [3.8, 4) is 0 Å². The number of H-pyrrole nitrogens is 1. The number of benzene rings is 1. The topological polar surface area (TPSA) is 110 Å². The van der Waals surface area contributed by atoms with E-state index in [0.717, 1.165) is 31.4 Å². The van der Waals surface area contributed by atoms with Gasteiger partial charge in [0.05, 0.1) is 0 Å². The van der Waals surface area contributed by atoms with Crippen molar-refractivity contribution in [1.82, 2.24) is 19.5 Å². The maximum atomic E-state index is 12.6. The number of hydrogen-bond acceptors (Lipinski definition) is 6. The molecule has 2 aromatic heterocycles. The number of carbonyl (C=O) groups excluding carboxylic acids is 1. The van der Waals surface area contributed by atoms with E-state index in [-0.39, 0.29) is 24.3 Å². The van der Waals surface area contributed by atoms with Crippen LogP contribution < -0.4 is 16.6 Å². The average Bonchev–Trinajstić information content (AvgIpc) is 3.62. The zero-order valence-corrected chi connectivity index (χ0v) is 17.1. The molecule has 0 spiro atoms. The number of fused-ring (bicyclic) bond motifs is 1. The summed E-state index contributed by atoms with van der Waals surface area (Å²) in [5.41, 5.74) is 0.305. The van der Waals surface area contributed by atoms with Crippen molar-refractivity contribution in [2.75, 3.05) is 11.1 Å². The second kappa shape index (κ2) is 7.71. The molecular weight excluding hydrogens is 402 g/mol. The second-order valence-electron chi connectivity index (χ2n) is 7.73. The van der Waals surface area contributed by atoms with Crippen LogP contribution in [-0.2, 0) is 4.79 Å². The lowest BCUT2D eigenvalue weighted by Crippen LogP contribution is -2.31. The summed E-state index contributed by atoms with van der Waals surface area (Å²) in [5.74, 6) is 1.35. The molecule has 154 valence electrons. The van der Waals surface area contributed by atoms with Gasteiger partial charge in [0.15, 0.2) is 5.65 Å². The van der Waals surface area contributed by atoms with Crippen molar-refractivity contribution in [2.45, 2.75) is 49.1 Å². The van der Waals surface area contributed by atoms with E-state index in [4.69, 9.17) is 0 Å². The van der Waals surface area contributed by atoms with Crippen LogP contribution in [0.4, 0.5) is 5.69 Å². The number of amides is 1.